The maximum Gasteiger partial charge on any atom is 0.491 e. The highest BCUT2D eigenvalue weighted by molar-refractivity contribution is 5.91. The minimum absolute atomic E-state index is 0.0961. The lowest BCUT2D eigenvalue weighted by atomic mass is 9.79. The van der Waals surface area contributed by atoms with Crippen LogP contribution in [0.1, 0.15) is 65.5 Å². The molecule has 4 rings (SSSR count). The van der Waals surface area contributed by atoms with Crippen LogP contribution in [0.15, 0.2) is 60.7 Å². The van der Waals surface area contributed by atoms with Crippen molar-refractivity contribution in [1.29, 1.82) is 0 Å². The molecule has 8 atom stereocenters. The van der Waals surface area contributed by atoms with Crippen LogP contribution in [0.2, 0.25) is 0 Å². The summed E-state index contributed by atoms with van der Waals surface area (Å²) < 4.78 is 119. The summed E-state index contributed by atoms with van der Waals surface area (Å²) in [5.74, 6) is -8.35. The van der Waals surface area contributed by atoms with Gasteiger partial charge in [-0.2, -0.15) is 39.5 Å². The Balaban J connectivity index is 0.000000348. The number of esters is 2. The normalized spacial score (nSPS) is 24.1. The van der Waals surface area contributed by atoms with Crippen LogP contribution < -0.4 is 11.1 Å². The minimum atomic E-state index is -5.62. The predicted molar refractivity (Wildman–Crippen MR) is 210 cm³/mol. The van der Waals surface area contributed by atoms with E-state index in [9.17, 15) is 63.5 Å². The van der Waals surface area contributed by atoms with Gasteiger partial charge in [-0.1, -0.05) is 102 Å². The number of likely N-dealkylation sites (tertiary alicyclic amines) is 2. The van der Waals surface area contributed by atoms with Crippen LogP contribution >= 0.6 is 0 Å². The summed E-state index contributed by atoms with van der Waals surface area (Å²) in [6.07, 6.45) is -15.6. The van der Waals surface area contributed by atoms with Gasteiger partial charge in [-0.05, 0) is 47.6 Å². The number of nitrogens with one attached hydrogen (secondary N) is 1. The van der Waals surface area contributed by atoms with Gasteiger partial charge in [0.05, 0.1) is 19.3 Å². The second-order valence-electron chi connectivity index (χ2n) is 15.2. The Morgan fingerprint density at radius 1 is 0.603 bits per heavy atom. The number of halogens is 9. The van der Waals surface area contributed by atoms with E-state index in [1.165, 1.54) is 0 Å². The third kappa shape index (κ3) is 16.1. The van der Waals surface area contributed by atoms with Gasteiger partial charge in [-0.3, -0.25) is 14.4 Å². The number of ether oxygens (including phenoxy) is 3. The Kier molecular flexibility index (Phi) is 21.0. The number of piperidine rings is 2. The molecule has 0 aliphatic carbocycles. The highest BCUT2D eigenvalue weighted by Crippen LogP contribution is 2.34. The molecule has 2 heterocycles. The fourth-order valence-electron chi connectivity index (χ4n) is 7.06. The standard InChI is InChI=1S/C20H27F3N2O3.C18H28N2O2.C4F6O3/c1-4-10-25-16(11-24-19(27)20(21,22)23)13(2)14(3)17(18(25)26)28-12-15-8-6-5-7-9-15;1-4-10-20-16(11-19)13(2)14(3)17(18(20)21)22-12-15-8-6-5-7-9-15;5-3(6,7)1(11)13-2(12)4(8,9)10/h5-9,13-14,16-17H,4,10-12H2,1-3H3,(H,24,27);5-9,13-14,16-17H,4,10-12,19H2,1-3H3;. The number of benzene rings is 2. The Bertz CT molecular complexity index is 1740. The number of alkyl halides is 9. The van der Waals surface area contributed by atoms with Gasteiger partial charge in [0.2, 0.25) is 0 Å². The summed E-state index contributed by atoms with van der Waals surface area (Å²) in [5, 5.41) is 1.93. The first kappa shape index (κ1) is 54.4. The van der Waals surface area contributed by atoms with Gasteiger partial charge in [0.1, 0.15) is 12.2 Å². The molecular weight excluding hydrogens is 859 g/mol. The lowest BCUT2D eigenvalue weighted by Gasteiger charge is -2.46. The fourth-order valence-corrected chi connectivity index (χ4v) is 7.06. The maximum absolute atomic E-state index is 13.0. The zero-order valence-electron chi connectivity index (χ0n) is 35.7. The van der Waals surface area contributed by atoms with Crippen molar-refractivity contribution in [3.8, 4) is 0 Å². The SMILES string of the molecule is CCCN1C(=O)C(OCc2ccccc2)C(C)C(C)C1CN.CCCN1C(=O)C(OCc2ccccc2)C(C)C(C)C1CNC(=O)C(F)(F)F.O=C(OC(=O)C(F)(F)F)C(F)(F)F. The number of hydrogen-bond donors (Lipinski definition) is 2. The van der Waals surface area contributed by atoms with Crippen LogP contribution in [0.4, 0.5) is 39.5 Å². The molecule has 0 saturated carbocycles. The van der Waals surface area contributed by atoms with Gasteiger partial charge < -0.3 is 35.1 Å². The fraction of sp³-hybridized carbons (Fsp3) is 0.595. The Hall–Kier alpha value is -4.76. The molecule has 354 valence electrons. The highest BCUT2D eigenvalue weighted by Gasteiger charge is 2.50. The Morgan fingerprint density at radius 2 is 0.968 bits per heavy atom. The van der Waals surface area contributed by atoms with E-state index in [0.717, 1.165) is 24.1 Å². The molecule has 8 unspecified atom stereocenters. The van der Waals surface area contributed by atoms with E-state index >= 15 is 0 Å². The number of carbonyl (C=O) groups is 5. The second kappa shape index (κ2) is 24.3. The van der Waals surface area contributed by atoms with Gasteiger partial charge >= 0.3 is 36.4 Å². The van der Waals surface area contributed by atoms with E-state index in [0.29, 0.717) is 32.0 Å². The second-order valence-corrected chi connectivity index (χ2v) is 15.2. The Morgan fingerprint density at radius 3 is 1.30 bits per heavy atom. The summed E-state index contributed by atoms with van der Waals surface area (Å²) in [6, 6.07) is 19.1. The van der Waals surface area contributed by atoms with Crippen LogP contribution in [-0.4, -0.2) is 108 Å². The molecule has 2 saturated heterocycles. The predicted octanol–water partition coefficient (Wildman–Crippen LogP) is 6.75. The van der Waals surface area contributed by atoms with Crippen LogP contribution in [0.5, 0.6) is 0 Å². The quantitative estimate of drug-likeness (QED) is 0.126. The van der Waals surface area contributed by atoms with Gasteiger partial charge in [-0.15, -0.1) is 0 Å². The van der Waals surface area contributed by atoms with Crippen molar-refractivity contribution in [1.82, 2.24) is 15.1 Å². The molecule has 0 spiro atoms. The topological polar surface area (TPSA) is 158 Å². The summed E-state index contributed by atoms with van der Waals surface area (Å²) in [6.45, 7) is 14.2. The van der Waals surface area contributed by atoms with E-state index < -0.39 is 48.5 Å². The molecule has 0 aromatic heterocycles. The van der Waals surface area contributed by atoms with Crippen molar-refractivity contribution in [2.75, 3.05) is 26.2 Å². The van der Waals surface area contributed by atoms with Crippen molar-refractivity contribution in [3.63, 3.8) is 0 Å². The lowest BCUT2D eigenvalue weighted by molar-refractivity contribution is -0.221. The molecule has 2 aliphatic heterocycles. The number of nitrogens with zero attached hydrogens (tertiary/aromatic N) is 2. The number of amides is 3. The number of nitrogens with two attached hydrogens (primary N) is 1. The molecule has 21 heteroatoms. The first-order valence-electron chi connectivity index (χ1n) is 20.2. The van der Waals surface area contributed by atoms with Crippen molar-refractivity contribution < 1.29 is 77.7 Å². The van der Waals surface area contributed by atoms with Crippen LogP contribution in [-0.2, 0) is 51.4 Å². The van der Waals surface area contributed by atoms with E-state index in [4.69, 9.17) is 15.2 Å². The highest BCUT2D eigenvalue weighted by atomic mass is 19.4. The molecule has 3 amide bonds. The zero-order valence-corrected chi connectivity index (χ0v) is 35.7. The van der Waals surface area contributed by atoms with E-state index in [2.05, 4.69) is 25.5 Å². The lowest BCUT2D eigenvalue weighted by Crippen LogP contribution is -2.62. The van der Waals surface area contributed by atoms with Gasteiger partial charge in [0, 0.05) is 32.2 Å². The van der Waals surface area contributed by atoms with Gasteiger partial charge in [0.25, 0.3) is 11.8 Å². The largest absolute Gasteiger partial charge is 0.491 e. The first-order valence-corrected chi connectivity index (χ1v) is 20.2. The summed E-state index contributed by atoms with van der Waals surface area (Å²) in [4.78, 5) is 59.8. The van der Waals surface area contributed by atoms with Crippen molar-refractivity contribution in [2.24, 2.45) is 29.4 Å². The average Bonchev–Trinajstić information content (AvgIpc) is 3.22. The third-order valence-corrected chi connectivity index (χ3v) is 10.8. The molecule has 0 bridgehead atoms. The summed E-state index contributed by atoms with van der Waals surface area (Å²) in [5.41, 5.74) is 7.95. The molecule has 12 nitrogen and oxygen atoms in total. The molecule has 2 aliphatic rings. The maximum atomic E-state index is 13.0. The number of hydrogen-bond acceptors (Lipinski definition) is 9. The molecule has 0 radical (unpaired) electrons. The minimum Gasteiger partial charge on any atom is -0.380 e. The molecule has 3 N–H and O–H groups in total. The third-order valence-electron chi connectivity index (χ3n) is 10.8. The van der Waals surface area contributed by atoms with E-state index in [1.54, 1.807) is 4.90 Å². The summed E-state index contributed by atoms with van der Waals surface area (Å²) >= 11 is 0. The van der Waals surface area contributed by atoms with Crippen molar-refractivity contribution >= 4 is 29.7 Å². The average molecular weight is 915 g/mol. The molecule has 2 fully saturated rings. The van der Waals surface area contributed by atoms with Crippen molar-refractivity contribution in [2.45, 2.75) is 110 Å². The van der Waals surface area contributed by atoms with Crippen molar-refractivity contribution in [3.05, 3.63) is 71.8 Å². The van der Waals surface area contributed by atoms with Gasteiger partial charge in [0.15, 0.2) is 0 Å². The Labute approximate surface area is 359 Å². The van der Waals surface area contributed by atoms with Gasteiger partial charge in [-0.25, -0.2) is 9.59 Å². The molecule has 2 aromatic carbocycles. The number of rotatable bonds is 13. The van der Waals surface area contributed by atoms with Crippen LogP contribution in [0.3, 0.4) is 0 Å². The smallest absolute Gasteiger partial charge is 0.380 e. The molecular formula is C42H55F9N4O8. The zero-order chi connectivity index (χ0) is 47.9. The van der Waals surface area contributed by atoms with E-state index in [1.807, 2.05) is 91.7 Å². The van der Waals surface area contributed by atoms with Crippen LogP contribution in [0, 0.1) is 23.7 Å². The summed E-state index contributed by atoms with van der Waals surface area (Å²) in [7, 11) is 0. The number of carbonyl (C=O) groups excluding carboxylic acids is 5. The van der Waals surface area contributed by atoms with Crippen LogP contribution in [0.25, 0.3) is 0 Å². The molecule has 2 aromatic rings. The molecule has 63 heavy (non-hydrogen) atoms. The first-order chi connectivity index (χ1) is 29.3. The monoisotopic (exact) mass is 914 g/mol. The van der Waals surface area contributed by atoms with E-state index in [-0.39, 0.29) is 54.9 Å².